The van der Waals surface area contributed by atoms with Gasteiger partial charge in [-0.25, -0.2) is 0 Å². The first-order valence-corrected chi connectivity index (χ1v) is 9.15. The average molecular weight is 472 g/mol. The predicted octanol–water partition coefficient (Wildman–Crippen LogP) is 4.10. The zero-order chi connectivity index (χ0) is 18.8. The summed E-state index contributed by atoms with van der Waals surface area (Å²) in [6.45, 7) is 3.49. The van der Waals surface area contributed by atoms with E-state index in [0.717, 1.165) is 30.8 Å². The van der Waals surface area contributed by atoms with Gasteiger partial charge in [-0.15, -0.1) is 24.8 Å². The van der Waals surface area contributed by atoms with E-state index < -0.39 is 0 Å². The molecule has 0 aliphatic rings. The van der Waals surface area contributed by atoms with E-state index in [2.05, 4.69) is 10.6 Å². The normalized spacial score (nSPS) is 10.0. The summed E-state index contributed by atoms with van der Waals surface area (Å²) in [4.78, 5) is 0. The fourth-order valence-electron chi connectivity index (χ4n) is 2.35. The monoisotopic (exact) mass is 470 g/mol. The number of ether oxygens (including phenoxy) is 2. The van der Waals surface area contributed by atoms with Gasteiger partial charge in [0, 0.05) is 26.2 Å². The van der Waals surface area contributed by atoms with Gasteiger partial charge in [0.2, 0.25) is 0 Å². The lowest BCUT2D eigenvalue weighted by atomic mass is 10.2. The van der Waals surface area contributed by atoms with Crippen molar-refractivity contribution in [1.82, 2.24) is 10.6 Å². The topological polar surface area (TPSA) is 62.8 Å². The minimum absolute atomic E-state index is 0. The third-order valence-corrected chi connectivity index (χ3v) is 4.44. The molecule has 0 bridgehead atoms. The second-order valence-corrected chi connectivity index (χ2v) is 6.49. The quantitative estimate of drug-likeness (QED) is 0.430. The lowest BCUT2D eigenvalue weighted by Gasteiger charge is -2.13. The van der Waals surface area contributed by atoms with E-state index in [9.17, 15) is 0 Å². The molecular weight excluding hydrogens is 446 g/mol. The fourth-order valence-corrected chi connectivity index (χ4v) is 2.67. The second kappa shape index (κ2) is 15.0. The van der Waals surface area contributed by atoms with Crippen LogP contribution in [0.4, 0.5) is 0 Å². The Hall–Kier alpha value is -0.920. The Morgan fingerprint density at radius 3 is 2.25 bits per heavy atom. The Morgan fingerprint density at radius 1 is 0.857 bits per heavy atom. The molecule has 0 unspecified atom stereocenters. The second-order valence-electron chi connectivity index (χ2n) is 5.67. The summed E-state index contributed by atoms with van der Waals surface area (Å²) in [5.41, 5.74) is 2.04. The van der Waals surface area contributed by atoms with Crippen molar-refractivity contribution in [2.24, 2.45) is 0 Å². The first-order valence-electron chi connectivity index (χ1n) is 8.40. The van der Waals surface area contributed by atoms with Crippen molar-refractivity contribution >= 4 is 48.0 Å². The van der Waals surface area contributed by atoms with Gasteiger partial charge >= 0.3 is 0 Å². The van der Waals surface area contributed by atoms with E-state index in [4.69, 9.17) is 37.8 Å². The largest absolute Gasteiger partial charge is 0.493 e. The maximum Gasteiger partial charge on any atom is 0.161 e. The van der Waals surface area contributed by atoms with Crippen LogP contribution < -0.4 is 20.1 Å². The average Bonchev–Trinajstić information content (AvgIpc) is 2.66. The number of nitrogens with one attached hydrogen (secondary N) is 2. The molecule has 0 saturated carbocycles. The third kappa shape index (κ3) is 9.05. The Kier molecular flexibility index (Phi) is 14.5. The fraction of sp³-hybridized carbons (Fsp3) is 0.368. The molecular formula is C19H26Cl4N2O3. The highest BCUT2D eigenvalue weighted by atomic mass is 35.5. The summed E-state index contributed by atoms with van der Waals surface area (Å²) in [6.07, 6.45) is 0. The van der Waals surface area contributed by atoms with Crippen LogP contribution in [-0.2, 0) is 13.2 Å². The number of rotatable bonds is 11. The minimum atomic E-state index is 0. The van der Waals surface area contributed by atoms with Gasteiger partial charge in [0.05, 0.1) is 23.8 Å². The number of methoxy groups -OCH3 is 1. The van der Waals surface area contributed by atoms with E-state index >= 15 is 0 Å². The number of aliphatic hydroxyl groups is 1. The SMILES string of the molecule is COc1cc(CNCCNCCO)ccc1OCc1ccc(Cl)c(Cl)c1.Cl.Cl. The molecule has 5 nitrogen and oxygen atoms in total. The number of aliphatic hydroxyl groups excluding tert-OH is 1. The van der Waals surface area contributed by atoms with Crippen LogP contribution in [0.1, 0.15) is 11.1 Å². The maximum absolute atomic E-state index is 8.71. The number of hydrogen-bond donors (Lipinski definition) is 3. The molecule has 0 atom stereocenters. The Bertz CT molecular complexity index is 705. The van der Waals surface area contributed by atoms with E-state index in [1.165, 1.54) is 0 Å². The van der Waals surface area contributed by atoms with Crippen molar-refractivity contribution in [2.45, 2.75) is 13.2 Å². The lowest BCUT2D eigenvalue weighted by Crippen LogP contribution is -2.28. The summed E-state index contributed by atoms with van der Waals surface area (Å²) in [6, 6.07) is 11.3. The van der Waals surface area contributed by atoms with Gasteiger partial charge in [-0.05, 0) is 35.4 Å². The lowest BCUT2D eigenvalue weighted by molar-refractivity contribution is 0.284. The Balaban J connectivity index is 0.00000364. The molecule has 28 heavy (non-hydrogen) atoms. The van der Waals surface area contributed by atoms with Gasteiger partial charge in [-0.2, -0.15) is 0 Å². The van der Waals surface area contributed by atoms with Crippen LogP contribution in [0.2, 0.25) is 10.0 Å². The molecule has 0 aliphatic heterocycles. The van der Waals surface area contributed by atoms with Crippen molar-refractivity contribution < 1.29 is 14.6 Å². The van der Waals surface area contributed by atoms with Crippen LogP contribution in [0.5, 0.6) is 11.5 Å². The van der Waals surface area contributed by atoms with Crippen LogP contribution in [-0.4, -0.2) is 38.5 Å². The molecule has 0 saturated heterocycles. The molecule has 0 aromatic heterocycles. The first kappa shape index (κ1) is 27.1. The highest BCUT2D eigenvalue weighted by Gasteiger charge is 2.07. The van der Waals surface area contributed by atoms with Gasteiger partial charge in [-0.3, -0.25) is 0 Å². The van der Waals surface area contributed by atoms with Gasteiger partial charge in [-0.1, -0.05) is 35.3 Å². The molecule has 9 heteroatoms. The number of halogens is 4. The molecule has 0 radical (unpaired) electrons. The predicted molar refractivity (Wildman–Crippen MR) is 120 cm³/mol. The van der Waals surface area contributed by atoms with E-state index in [1.807, 2.05) is 24.3 Å². The van der Waals surface area contributed by atoms with Crippen molar-refractivity contribution in [3.63, 3.8) is 0 Å². The molecule has 2 rings (SSSR count). The van der Waals surface area contributed by atoms with E-state index in [0.29, 0.717) is 34.7 Å². The van der Waals surface area contributed by atoms with Crippen LogP contribution >= 0.6 is 48.0 Å². The third-order valence-electron chi connectivity index (χ3n) is 3.70. The molecule has 0 heterocycles. The van der Waals surface area contributed by atoms with E-state index in [-0.39, 0.29) is 31.4 Å². The minimum Gasteiger partial charge on any atom is -0.493 e. The van der Waals surface area contributed by atoms with Gasteiger partial charge in [0.25, 0.3) is 0 Å². The summed E-state index contributed by atoms with van der Waals surface area (Å²) >= 11 is 12.0. The van der Waals surface area contributed by atoms with Crippen LogP contribution in [0.15, 0.2) is 36.4 Å². The zero-order valence-corrected chi connectivity index (χ0v) is 18.7. The highest BCUT2D eigenvalue weighted by molar-refractivity contribution is 6.42. The summed E-state index contributed by atoms with van der Waals surface area (Å²) < 4.78 is 11.3. The summed E-state index contributed by atoms with van der Waals surface area (Å²) in [5, 5.41) is 16.2. The molecule has 0 aliphatic carbocycles. The Morgan fingerprint density at radius 2 is 1.57 bits per heavy atom. The standard InChI is InChI=1S/C19H24Cl2N2O3.2ClH/c1-25-19-11-14(12-23-7-6-22-8-9-24)3-5-18(19)26-13-15-2-4-16(20)17(21)10-15;;/h2-5,10-11,22-24H,6-9,12-13H2,1H3;2*1H. The molecule has 2 aromatic rings. The van der Waals surface area contributed by atoms with Crippen molar-refractivity contribution in [2.75, 3.05) is 33.4 Å². The number of benzene rings is 2. The molecule has 158 valence electrons. The van der Waals surface area contributed by atoms with Crippen LogP contribution in [0, 0.1) is 0 Å². The molecule has 0 spiro atoms. The molecule has 3 N–H and O–H groups in total. The summed E-state index contributed by atoms with van der Waals surface area (Å²) in [5.74, 6) is 1.36. The molecule has 2 aromatic carbocycles. The first-order chi connectivity index (χ1) is 12.6. The molecule has 0 fully saturated rings. The van der Waals surface area contributed by atoms with Crippen molar-refractivity contribution in [3.05, 3.63) is 57.6 Å². The Labute approximate surface area is 188 Å². The zero-order valence-electron chi connectivity index (χ0n) is 15.5. The van der Waals surface area contributed by atoms with Gasteiger partial charge in [0.15, 0.2) is 11.5 Å². The van der Waals surface area contributed by atoms with Crippen molar-refractivity contribution in [1.29, 1.82) is 0 Å². The smallest absolute Gasteiger partial charge is 0.161 e. The summed E-state index contributed by atoms with van der Waals surface area (Å²) in [7, 11) is 1.62. The van der Waals surface area contributed by atoms with Gasteiger partial charge < -0.3 is 25.2 Å². The van der Waals surface area contributed by atoms with Crippen LogP contribution in [0.3, 0.4) is 0 Å². The molecule has 0 amide bonds. The van der Waals surface area contributed by atoms with Crippen LogP contribution in [0.25, 0.3) is 0 Å². The maximum atomic E-state index is 8.71. The van der Waals surface area contributed by atoms with Gasteiger partial charge in [0.1, 0.15) is 6.61 Å². The highest BCUT2D eigenvalue weighted by Crippen LogP contribution is 2.29. The number of hydrogen-bond acceptors (Lipinski definition) is 5. The van der Waals surface area contributed by atoms with E-state index in [1.54, 1.807) is 19.2 Å². The van der Waals surface area contributed by atoms with Crippen molar-refractivity contribution in [3.8, 4) is 11.5 Å².